The molecule has 0 saturated carbocycles. The standard InChI is InChI=1S/C9H10ClNO3S2/c10-8-2-1-7(15-8)5-3-16(14)4-6(11-5)9(12)13/h1-2,5-6,11H,3-4H2,(H,12,13). The first-order valence-electron chi connectivity index (χ1n) is 4.65. The van der Waals surface area contributed by atoms with Crippen LogP contribution in [0.2, 0.25) is 4.34 Å². The van der Waals surface area contributed by atoms with Crippen LogP contribution in [0.25, 0.3) is 0 Å². The molecule has 88 valence electrons. The van der Waals surface area contributed by atoms with Gasteiger partial charge in [0.15, 0.2) is 0 Å². The SMILES string of the molecule is O=C(O)C1CS(=O)CC(c2ccc(Cl)s2)N1. The third kappa shape index (κ3) is 2.63. The van der Waals surface area contributed by atoms with Crippen molar-refractivity contribution in [1.82, 2.24) is 5.32 Å². The van der Waals surface area contributed by atoms with Gasteiger partial charge in [-0.25, -0.2) is 0 Å². The first kappa shape index (κ1) is 12.0. The summed E-state index contributed by atoms with van der Waals surface area (Å²) in [6.45, 7) is 0. The molecule has 1 fully saturated rings. The normalized spacial score (nSPS) is 30.2. The topological polar surface area (TPSA) is 66.4 Å². The van der Waals surface area contributed by atoms with E-state index in [2.05, 4.69) is 5.32 Å². The van der Waals surface area contributed by atoms with Gasteiger partial charge in [-0.1, -0.05) is 11.6 Å². The highest BCUT2D eigenvalue weighted by Gasteiger charge is 2.31. The third-order valence-corrected chi connectivity index (χ3v) is 5.10. The number of aliphatic carboxylic acids is 1. The van der Waals surface area contributed by atoms with Crippen LogP contribution in [-0.2, 0) is 15.6 Å². The molecule has 0 spiro atoms. The van der Waals surface area contributed by atoms with Gasteiger partial charge in [0, 0.05) is 27.2 Å². The van der Waals surface area contributed by atoms with Gasteiger partial charge in [0.05, 0.1) is 10.4 Å². The van der Waals surface area contributed by atoms with E-state index in [1.807, 2.05) is 6.07 Å². The summed E-state index contributed by atoms with van der Waals surface area (Å²) in [6, 6.07) is 2.69. The predicted molar refractivity (Wildman–Crippen MR) is 64.5 cm³/mol. The Balaban J connectivity index is 2.16. The second-order valence-electron chi connectivity index (χ2n) is 3.53. The minimum atomic E-state index is -1.09. The highest BCUT2D eigenvalue weighted by Crippen LogP contribution is 2.29. The summed E-state index contributed by atoms with van der Waals surface area (Å²) in [6.07, 6.45) is 0. The van der Waals surface area contributed by atoms with Crippen molar-refractivity contribution in [3.8, 4) is 0 Å². The number of hydrogen-bond acceptors (Lipinski definition) is 4. The lowest BCUT2D eigenvalue weighted by atomic mass is 10.2. The van der Waals surface area contributed by atoms with Gasteiger partial charge in [0.1, 0.15) is 6.04 Å². The Kier molecular flexibility index (Phi) is 3.63. The zero-order chi connectivity index (χ0) is 11.7. The molecule has 1 saturated heterocycles. The lowest BCUT2D eigenvalue weighted by Gasteiger charge is -2.27. The van der Waals surface area contributed by atoms with Crippen LogP contribution in [0.1, 0.15) is 10.9 Å². The molecular formula is C9H10ClNO3S2. The number of thiophene rings is 1. The van der Waals surface area contributed by atoms with Crippen molar-refractivity contribution < 1.29 is 14.1 Å². The monoisotopic (exact) mass is 279 g/mol. The summed E-state index contributed by atoms with van der Waals surface area (Å²) in [5.74, 6) is -0.341. The first-order valence-corrected chi connectivity index (χ1v) is 7.33. The van der Waals surface area contributed by atoms with Crippen LogP contribution in [0.15, 0.2) is 12.1 Å². The number of nitrogens with one attached hydrogen (secondary N) is 1. The molecular weight excluding hydrogens is 270 g/mol. The molecule has 0 aliphatic carbocycles. The van der Waals surface area contributed by atoms with Crippen LogP contribution in [0.4, 0.5) is 0 Å². The van der Waals surface area contributed by atoms with E-state index in [0.717, 1.165) is 4.88 Å². The summed E-state index contributed by atoms with van der Waals surface area (Å²) in [7, 11) is -1.09. The second-order valence-corrected chi connectivity index (χ2v) is 6.82. The van der Waals surface area contributed by atoms with Crippen LogP contribution in [-0.4, -0.2) is 32.8 Å². The average Bonchev–Trinajstić information content (AvgIpc) is 2.64. The third-order valence-electron chi connectivity index (χ3n) is 2.34. The molecule has 0 radical (unpaired) electrons. The van der Waals surface area contributed by atoms with Gasteiger partial charge in [-0.3, -0.25) is 14.3 Å². The fourth-order valence-corrected chi connectivity index (χ4v) is 4.22. The van der Waals surface area contributed by atoms with E-state index in [0.29, 0.717) is 10.1 Å². The molecule has 7 heteroatoms. The van der Waals surface area contributed by atoms with Gasteiger partial charge in [-0.05, 0) is 12.1 Å². The fourth-order valence-electron chi connectivity index (χ4n) is 1.60. The van der Waals surface area contributed by atoms with E-state index < -0.39 is 22.8 Å². The molecule has 2 rings (SSSR count). The fraction of sp³-hybridized carbons (Fsp3) is 0.444. The summed E-state index contributed by atoms with van der Waals surface area (Å²) >= 11 is 7.20. The quantitative estimate of drug-likeness (QED) is 0.855. The maximum Gasteiger partial charge on any atom is 0.321 e. The zero-order valence-electron chi connectivity index (χ0n) is 8.18. The number of hydrogen-bond donors (Lipinski definition) is 2. The van der Waals surface area contributed by atoms with Crippen molar-refractivity contribution in [3.63, 3.8) is 0 Å². The lowest BCUT2D eigenvalue weighted by molar-refractivity contribution is -0.139. The Hall–Kier alpha value is -0.430. The van der Waals surface area contributed by atoms with Crippen molar-refractivity contribution in [2.24, 2.45) is 0 Å². The maximum atomic E-state index is 11.5. The van der Waals surface area contributed by atoms with Crippen LogP contribution >= 0.6 is 22.9 Å². The van der Waals surface area contributed by atoms with E-state index in [-0.39, 0.29) is 11.8 Å². The molecule has 1 aliphatic rings. The van der Waals surface area contributed by atoms with Gasteiger partial charge >= 0.3 is 5.97 Å². The molecule has 4 nitrogen and oxygen atoms in total. The van der Waals surface area contributed by atoms with Crippen molar-refractivity contribution in [2.45, 2.75) is 12.1 Å². The highest BCUT2D eigenvalue weighted by atomic mass is 35.5. The summed E-state index contributed by atoms with van der Waals surface area (Å²) in [5.41, 5.74) is 0. The van der Waals surface area contributed by atoms with E-state index in [1.54, 1.807) is 6.07 Å². The average molecular weight is 280 g/mol. The van der Waals surface area contributed by atoms with Crippen LogP contribution in [0, 0.1) is 0 Å². The van der Waals surface area contributed by atoms with E-state index in [9.17, 15) is 9.00 Å². The molecule has 2 heterocycles. The van der Waals surface area contributed by atoms with Crippen molar-refractivity contribution >= 4 is 39.7 Å². The van der Waals surface area contributed by atoms with Gasteiger partial charge in [0.25, 0.3) is 0 Å². The number of halogens is 1. The molecule has 1 aromatic heterocycles. The summed E-state index contributed by atoms with van der Waals surface area (Å²) < 4.78 is 12.2. The van der Waals surface area contributed by atoms with Crippen LogP contribution < -0.4 is 5.32 Å². The maximum absolute atomic E-state index is 11.5. The second kappa shape index (κ2) is 4.83. The Bertz CT molecular complexity index is 434. The minimum absolute atomic E-state index is 0.172. The lowest BCUT2D eigenvalue weighted by Crippen LogP contribution is -2.49. The molecule has 0 amide bonds. The molecule has 0 bridgehead atoms. The van der Waals surface area contributed by atoms with Gasteiger partial charge in [-0.15, -0.1) is 11.3 Å². The van der Waals surface area contributed by atoms with Gasteiger partial charge in [-0.2, -0.15) is 0 Å². The van der Waals surface area contributed by atoms with E-state index >= 15 is 0 Å². The Morgan fingerprint density at radius 2 is 2.31 bits per heavy atom. The smallest absolute Gasteiger partial charge is 0.321 e. The van der Waals surface area contributed by atoms with E-state index in [4.69, 9.17) is 16.7 Å². The predicted octanol–water partition coefficient (Wildman–Crippen LogP) is 1.25. The van der Waals surface area contributed by atoms with Gasteiger partial charge < -0.3 is 5.11 Å². The first-order chi connectivity index (χ1) is 7.56. The Morgan fingerprint density at radius 3 is 2.88 bits per heavy atom. The van der Waals surface area contributed by atoms with E-state index in [1.165, 1.54) is 11.3 Å². The number of carboxylic acid groups (broad SMARTS) is 1. The van der Waals surface area contributed by atoms with Crippen LogP contribution in [0.3, 0.4) is 0 Å². The van der Waals surface area contributed by atoms with Crippen molar-refractivity contribution in [3.05, 3.63) is 21.3 Å². The number of carboxylic acids is 1. The molecule has 3 unspecified atom stereocenters. The molecule has 0 aromatic carbocycles. The largest absolute Gasteiger partial charge is 0.480 e. The summed E-state index contributed by atoms with van der Waals surface area (Å²) in [4.78, 5) is 11.8. The molecule has 3 atom stereocenters. The number of carbonyl (C=O) groups is 1. The Labute approximate surface area is 104 Å². The molecule has 16 heavy (non-hydrogen) atoms. The molecule has 1 aliphatic heterocycles. The highest BCUT2D eigenvalue weighted by molar-refractivity contribution is 7.85. The molecule has 2 N–H and O–H groups in total. The van der Waals surface area contributed by atoms with Gasteiger partial charge in [0.2, 0.25) is 0 Å². The number of rotatable bonds is 2. The van der Waals surface area contributed by atoms with Crippen LogP contribution in [0.5, 0.6) is 0 Å². The molecule has 1 aromatic rings. The Morgan fingerprint density at radius 1 is 1.56 bits per heavy atom. The minimum Gasteiger partial charge on any atom is -0.480 e. The van der Waals surface area contributed by atoms with Crippen molar-refractivity contribution in [2.75, 3.05) is 11.5 Å². The zero-order valence-corrected chi connectivity index (χ0v) is 10.6. The van der Waals surface area contributed by atoms with Crippen molar-refractivity contribution in [1.29, 1.82) is 0 Å². The summed E-state index contributed by atoms with van der Waals surface area (Å²) in [5, 5.41) is 11.9.